The van der Waals surface area contributed by atoms with Crippen molar-refractivity contribution in [2.45, 2.75) is 65.6 Å². The fraction of sp³-hybridized carbons (Fsp3) is 0.588. The number of imidazole rings is 1. The van der Waals surface area contributed by atoms with Gasteiger partial charge in [0.1, 0.15) is 5.82 Å². The molecule has 3 nitrogen and oxygen atoms in total. The van der Waals surface area contributed by atoms with Gasteiger partial charge in [0.15, 0.2) is 0 Å². The quantitative estimate of drug-likeness (QED) is 0.761. The third-order valence-corrected chi connectivity index (χ3v) is 4.29. The monoisotopic (exact) mass is 307 g/mol. The van der Waals surface area contributed by atoms with E-state index in [2.05, 4.69) is 30.7 Å². The molecule has 1 aromatic carbocycles. The molecule has 1 heterocycles. The third kappa shape index (κ3) is 3.98. The van der Waals surface area contributed by atoms with Crippen LogP contribution in [0.4, 0.5) is 0 Å². The van der Waals surface area contributed by atoms with Crippen LogP contribution in [-0.2, 0) is 13.1 Å². The summed E-state index contributed by atoms with van der Waals surface area (Å²) in [6.45, 7) is 8.49. The Kier molecular flexibility index (Phi) is 6.07. The minimum absolute atomic E-state index is 0.563. The van der Waals surface area contributed by atoms with Crippen LogP contribution in [0.5, 0.6) is 0 Å². The van der Waals surface area contributed by atoms with Crippen LogP contribution in [0.15, 0.2) is 18.2 Å². The predicted octanol–water partition coefficient (Wildman–Crippen LogP) is 4.77. The highest BCUT2D eigenvalue weighted by Gasteiger charge is 2.12. The molecule has 2 aromatic rings. The lowest BCUT2D eigenvalue weighted by Gasteiger charge is -2.15. The number of benzene rings is 1. The number of nitrogens with zero attached hydrogens (tertiary/aromatic N) is 2. The minimum atomic E-state index is 0.563. The Balaban J connectivity index is 2.27. The molecule has 1 N–H and O–H groups in total. The van der Waals surface area contributed by atoms with Gasteiger partial charge in [-0.1, -0.05) is 38.8 Å². The fourth-order valence-corrected chi connectivity index (χ4v) is 2.83. The van der Waals surface area contributed by atoms with Crippen molar-refractivity contribution in [2.24, 2.45) is 0 Å². The highest BCUT2D eigenvalue weighted by Crippen LogP contribution is 2.21. The van der Waals surface area contributed by atoms with Gasteiger partial charge in [0.25, 0.3) is 0 Å². The van der Waals surface area contributed by atoms with Crippen LogP contribution in [0.25, 0.3) is 11.0 Å². The number of rotatable bonds is 8. The van der Waals surface area contributed by atoms with E-state index in [-0.39, 0.29) is 0 Å². The molecule has 0 fully saturated rings. The van der Waals surface area contributed by atoms with Gasteiger partial charge in [-0.2, -0.15) is 0 Å². The molecule has 0 unspecified atom stereocenters. The first-order chi connectivity index (χ1) is 10.2. The molecule has 116 valence electrons. The average molecular weight is 308 g/mol. The summed E-state index contributed by atoms with van der Waals surface area (Å²) < 4.78 is 2.32. The molecule has 0 amide bonds. The molecule has 0 spiro atoms. The van der Waals surface area contributed by atoms with Crippen LogP contribution >= 0.6 is 11.6 Å². The molecule has 0 aliphatic rings. The zero-order valence-electron chi connectivity index (χ0n) is 13.3. The van der Waals surface area contributed by atoms with Crippen LogP contribution in [0.2, 0.25) is 5.02 Å². The van der Waals surface area contributed by atoms with Crippen LogP contribution < -0.4 is 5.32 Å². The van der Waals surface area contributed by atoms with Crippen molar-refractivity contribution in [1.29, 1.82) is 0 Å². The summed E-state index contributed by atoms with van der Waals surface area (Å²) in [5.74, 6) is 1.12. The van der Waals surface area contributed by atoms with Gasteiger partial charge >= 0.3 is 0 Å². The van der Waals surface area contributed by atoms with E-state index in [4.69, 9.17) is 16.6 Å². The molecule has 0 aliphatic heterocycles. The van der Waals surface area contributed by atoms with Crippen molar-refractivity contribution in [3.05, 3.63) is 29.0 Å². The maximum Gasteiger partial charge on any atom is 0.123 e. The Labute approximate surface area is 132 Å². The number of fused-ring (bicyclic) bond motifs is 1. The SMILES string of the molecule is CCCCn1c(CNC(CC)CC)nc2ccc(Cl)cc21. The molecular weight excluding hydrogens is 282 g/mol. The van der Waals surface area contributed by atoms with E-state index in [1.807, 2.05) is 18.2 Å². The van der Waals surface area contributed by atoms with Gasteiger partial charge in [-0.3, -0.25) is 0 Å². The second-order valence-corrected chi connectivity index (χ2v) is 6.00. The van der Waals surface area contributed by atoms with E-state index in [9.17, 15) is 0 Å². The van der Waals surface area contributed by atoms with Crippen LogP contribution in [-0.4, -0.2) is 15.6 Å². The van der Waals surface area contributed by atoms with Crippen molar-refractivity contribution in [1.82, 2.24) is 14.9 Å². The minimum Gasteiger partial charge on any atom is -0.327 e. The lowest BCUT2D eigenvalue weighted by Crippen LogP contribution is -2.28. The highest BCUT2D eigenvalue weighted by molar-refractivity contribution is 6.31. The maximum atomic E-state index is 6.15. The zero-order valence-corrected chi connectivity index (χ0v) is 14.1. The second kappa shape index (κ2) is 7.81. The molecule has 4 heteroatoms. The lowest BCUT2D eigenvalue weighted by atomic mass is 10.2. The Morgan fingerprint density at radius 1 is 1.24 bits per heavy atom. The first kappa shape index (κ1) is 16.3. The predicted molar refractivity (Wildman–Crippen MR) is 90.9 cm³/mol. The summed E-state index contributed by atoms with van der Waals surface area (Å²) in [6.07, 6.45) is 4.64. The largest absolute Gasteiger partial charge is 0.327 e. The number of hydrogen-bond donors (Lipinski definition) is 1. The Morgan fingerprint density at radius 3 is 2.67 bits per heavy atom. The Morgan fingerprint density at radius 2 is 2.00 bits per heavy atom. The molecule has 2 rings (SSSR count). The normalized spacial score (nSPS) is 11.7. The van der Waals surface area contributed by atoms with Gasteiger partial charge in [-0.05, 0) is 37.5 Å². The molecule has 0 saturated carbocycles. The van der Waals surface area contributed by atoms with E-state index >= 15 is 0 Å². The first-order valence-electron chi connectivity index (χ1n) is 8.07. The van der Waals surface area contributed by atoms with Crippen molar-refractivity contribution in [2.75, 3.05) is 0 Å². The van der Waals surface area contributed by atoms with Gasteiger partial charge in [-0.25, -0.2) is 4.98 Å². The highest BCUT2D eigenvalue weighted by atomic mass is 35.5. The number of halogens is 1. The number of unbranched alkanes of at least 4 members (excludes halogenated alkanes) is 1. The average Bonchev–Trinajstić information content (AvgIpc) is 2.83. The molecular formula is C17H26ClN3. The van der Waals surface area contributed by atoms with E-state index in [0.29, 0.717) is 6.04 Å². The van der Waals surface area contributed by atoms with Gasteiger partial charge < -0.3 is 9.88 Å². The van der Waals surface area contributed by atoms with E-state index in [1.165, 1.54) is 6.42 Å². The van der Waals surface area contributed by atoms with E-state index < -0.39 is 0 Å². The van der Waals surface area contributed by atoms with Gasteiger partial charge in [0, 0.05) is 17.6 Å². The van der Waals surface area contributed by atoms with Gasteiger partial charge in [0.05, 0.1) is 17.6 Å². The van der Waals surface area contributed by atoms with Crippen molar-refractivity contribution >= 4 is 22.6 Å². The van der Waals surface area contributed by atoms with Crippen molar-refractivity contribution < 1.29 is 0 Å². The van der Waals surface area contributed by atoms with E-state index in [0.717, 1.165) is 54.2 Å². The maximum absolute atomic E-state index is 6.15. The first-order valence-corrected chi connectivity index (χ1v) is 8.45. The second-order valence-electron chi connectivity index (χ2n) is 5.56. The van der Waals surface area contributed by atoms with Gasteiger partial charge in [-0.15, -0.1) is 0 Å². The number of hydrogen-bond acceptors (Lipinski definition) is 2. The fourth-order valence-electron chi connectivity index (χ4n) is 2.66. The lowest BCUT2D eigenvalue weighted by molar-refractivity contribution is 0.466. The van der Waals surface area contributed by atoms with Crippen LogP contribution in [0.3, 0.4) is 0 Å². The topological polar surface area (TPSA) is 29.9 Å². The third-order valence-electron chi connectivity index (χ3n) is 4.06. The van der Waals surface area contributed by atoms with Crippen LogP contribution in [0.1, 0.15) is 52.3 Å². The number of nitrogens with one attached hydrogen (secondary N) is 1. The molecule has 0 saturated heterocycles. The molecule has 0 bridgehead atoms. The van der Waals surface area contributed by atoms with Gasteiger partial charge in [0.2, 0.25) is 0 Å². The van der Waals surface area contributed by atoms with E-state index in [1.54, 1.807) is 0 Å². The van der Waals surface area contributed by atoms with Crippen molar-refractivity contribution in [3.63, 3.8) is 0 Å². The molecule has 1 aromatic heterocycles. The summed E-state index contributed by atoms with van der Waals surface area (Å²) >= 11 is 6.15. The number of aromatic nitrogens is 2. The smallest absolute Gasteiger partial charge is 0.123 e. The summed E-state index contributed by atoms with van der Waals surface area (Å²) in [6, 6.07) is 6.52. The standard InChI is InChI=1S/C17H26ClN3/c1-4-7-10-21-16-11-13(18)8-9-15(16)20-17(21)12-19-14(5-2)6-3/h8-9,11,14,19H,4-7,10,12H2,1-3H3. The Hall–Kier alpha value is -1.06. The summed E-state index contributed by atoms with van der Waals surface area (Å²) in [5.41, 5.74) is 2.19. The molecule has 0 aliphatic carbocycles. The zero-order chi connectivity index (χ0) is 15.2. The molecule has 0 radical (unpaired) electrons. The van der Waals surface area contributed by atoms with Crippen molar-refractivity contribution in [3.8, 4) is 0 Å². The summed E-state index contributed by atoms with van der Waals surface area (Å²) in [7, 11) is 0. The summed E-state index contributed by atoms with van der Waals surface area (Å²) in [5, 5.41) is 4.39. The molecule has 0 atom stereocenters. The number of aryl methyl sites for hydroxylation is 1. The summed E-state index contributed by atoms with van der Waals surface area (Å²) in [4.78, 5) is 4.79. The Bertz CT molecular complexity index is 573. The molecule has 21 heavy (non-hydrogen) atoms. The van der Waals surface area contributed by atoms with Crippen LogP contribution in [0, 0.1) is 0 Å².